The van der Waals surface area contributed by atoms with E-state index in [1.54, 1.807) is 6.92 Å². The second kappa shape index (κ2) is 5.84. The van der Waals surface area contributed by atoms with E-state index in [-0.39, 0.29) is 12.5 Å². The fourth-order valence-corrected chi connectivity index (χ4v) is 2.01. The summed E-state index contributed by atoms with van der Waals surface area (Å²) in [6.45, 7) is 2.31. The monoisotopic (exact) mass is 295 g/mol. The molecular weight excluding hydrogens is 280 g/mol. The first kappa shape index (κ1) is 16.5. The average Bonchev–Trinajstić information content (AvgIpc) is 2.18. The van der Waals surface area contributed by atoms with Gasteiger partial charge in [0.05, 0.1) is 12.2 Å². The van der Waals surface area contributed by atoms with Crippen LogP contribution in [0.15, 0.2) is 0 Å². The molecule has 3 atom stereocenters. The number of hydrogen-bond donors (Lipinski definition) is 1. The zero-order valence-electron chi connectivity index (χ0n) is 10.3. The number of methoxy groups -OCH3 is 1. The molecule has 1 aliphatic rings. The Bertz CT molecular complexity index is 279. The predicted octanol–water partition coefficient (Wildman–Crippen LogP) is 2.26. The highest BCUT2D eigenvalue weighted by Crippen LogP contribution is 2.39. The maximum Gasteiger partial charge on any atom is 0.423 e. The molecule has 114 valence electrons. The average molecular weight is 295 g/mol. The van der Waals surface area contributed by atoms with Gasteiger partial charge in [-0.3, -0.25) is 0 Å². The molecule has 3 unspecified atom stereocenters. The zero-order valence-corrected chi connectivity index (χ0v) is 10.3. The van der Waals surface area contributed by atoms with Gasteiger partial charge in [-0.25, -0.2) is 0 Å². The highest BCUT2D eigenvalue weighted by molar-refractivity contribution is 4.98. The van der Waals surface area contributed by atoms with Gasteiger partial charge in [-0.2, -0.15) is 26.3 Å². The van der Waals surface area contributed by atoms with Crippen LogP contribution in [0.25, 0.3) is 0 Å². The summed E-state index contributed by atoms with van der Waals surface area (Å²) in [7, 11) is 1.22. The van der Waals surface area contributed by atoms with Gasteiger partial charge in [0.2, 0.25) is 6.10 Å². The first-order valence-electron chi connectivity index (χ1n) is 5.66. The third kappa shape index (κ3) is 3.96. The van der Waals surface area contributed by atoms with Crippen LogP contribution in [0, 0.1) is 0 Å². The maximum atomic E-state index is 12.3. The molecule has 0 aromatic rings. The van der Waals surface area contributed by atoms with Crippen molar-refractivity contribution in [1.82, 2.24) is 5.32 Å². The lowest BCUT2D eigenvalue weighted by Gasteiger charge is -2.45. The van der Waals surface area contributed by atoms with Gasteiger partial charge in [0, 0.05) is 13.2 Å². The van der Waals surface area contributed by atoms with Crippen LogP contribution in [0.4, 0.5) is 26.3 Å². The molecular formula is C10H15F6NO2. The van der Waals surface area contributed by atoms with Crippen LogP contribution in [-0.4, -0.2) is 50.4 Å². The van der Waals surface area contributed by atoms with Gasteiger partial charge in [0.25, 0.3) is 0 Å². The molecule has 1 fully saturated rings. The standard InChI is InChI=1S/C10H15F6NO2/c1-3-17-5-4-6(7(5)18-2)19-8(9(11,12)13)10(14,15)16/h5-8,17H,3-4H2,1-2H3. The Morgan fingerprint density at radius 2 is 1.68 bits per heavy atom. The molecule has 9 heteroatoms. The van der Waals surface area contributed by atoms with Crippen LogP contribution in [0.1, 0.15) is 13.3 Å². The van der Waals surface area contributed by atoms with E-state index in [4.69, 9.17) is 4.74 Å². The maximum absolute atomic E-state index is 12.3. The minimum Gasteiger partial charge on any atom is -0.377 e. The Morgan fingerprint density at radius 1 is 1.16 bits per heavy atom. The second-order valence-electron chi connectivity index (χ2n) is 4.24. The topological polar surface area (TPSA) is 30.5 Å². The fraction of sp³-hybridized carbons (Fsp3) is 1.00. The van der Waals surface area contributed by atoms with Crippen molar-refractivity contribution in [2.45, 2.75) is 50.1 Å². The first-order valence-corrected chi connectivity index (χ1v) is 5.66. The van der Waals surface area contributed by atoms with Crippen molar-refractivity contribution in [2.24, 2.45) is 0 Å². The number of likely N-dealkylation sites (N-methyl/N-ethyl adjacent to an activating group) is 1. The van der Waals surface area contributed by atoms with Gasteiger partial charge < -0.3 is 14.8 Å². The largest absolute Gasteiger partial charge is 0.423 e. The van der Waals surface area contributed by atoms with E-state index in [0.29, 0.717) is 6.54 Å². The summed E-state index contributed by atoms with van der Waals surface area (Å²) < 4.78 is 82.9. The highest BCUT2D eigenvalue weighted by atomic mass is 19.4. The zero-order chi connectivity index (χ0) is 14.8. The van der Waals surface area contributed by atoms with E-state index in [0.717, 1.165) is 0 Å². The Balaban J connectivity index is 2.67. The smallest absolute Gasteiger partial charge is 0.377 e. The number of alkyl halides is 6. The van der Waals surface area contributed by atoms with E-state index < -0.39 is 30.7 Å². The minimum atomic E-state index is -5.49. The van der Waals surface area contributed by atoms with Crippen LogP contribution >= 0.6 is 0 Å². The van der Waals surface area contributed by atoms with E-state index in [2.05, 4.69) is 10.1 Å². The summed E-state index contributed by atoms with van der Waals surface area (Å²) in [4.78, 5) is 0. The minimum absolute atomic E-state index is 0.0506. The summed E-state index contributed by atoms with van der Waals surface area (Å²) in [5.74, 6) is 0. The SMILES string of the molecule is CCNC1CC(OC(C(F)(F)F)C(F)(F)F)C1OC. The molecule has 0 amide bonds. The summed E-state index contributed by atoms with van der Waals surface area (Å²) in [6.07, 6.45) is -16.7. The molecule has 0 heterocycles. The van der Waals surface area contributed by atoms with Crippen molar-refractivity contribution in [3.8, 4) is 0 Å². The van der Waals surface area contributed by atoms with Crippen molar-refractivity contribution < 1.29 is 35.8 Å². The Morgan fingerprint density at radius 3 is 2.05 bits per heavy atom. The molecule has 1 rings (SSSR count). The number of hydrogen-bond acceptors (Lipinski definition) is 3. The first-order chi connectivity index (χ1) is 8.61. The Labute approximate surface area is 106 Å². The number of nitrogens with one attached hydrogen (secondary N) is 1. The molecule has 1 saturated carbocycles. The summed E-state index contributed by atoms with van der Waals surface area (Å²) in [5.41, 5.74) is 0. The fourth-order valence-electron chi connectivity index (χ4n) is 2.01. The van der Waals surface area contributed by atoms with Crippen molar-refractivity contribution in [3.63, 3.8) is 0 Å². The summed E-state index contributed by atoms with van der Waals surface area (Å²) in [6, 6.07) is -0.290. The number of halogens is 6. The molecule has 0 bridgehead atoms. The van der Waals surface area contributed by atoms with Gasteiger partial charge in [-0.1, -0.05) is 6.92 Å². The van der Waals surface area contributed by atoms with Crippen LogP contribution in [0.5, 0.6) is 0 Å². The lowest BCUT2D eigenvalue weighted by atomic mass is 9.85. The van der Waals surface area contributed by atoms with Crippen LogP contribution < -0.4 is 5.32 Å². The third-order valence-corrected chi connectivity index (χ3v) is 2.89. The van der Waals surface area contributed by atoms with E-state index in [1.165, 1.54) is 7.11 Å². The molecule has 0 spiro atoms. The molecule has 0 aromatic carbocycles. The van der Waals surface area contributed by atoms with Gasteiger partial charge in [0.15, 0.2) is 0 Å². The van der Waals surface area contributed by atoms with Gasteiger partial charge >= 0.3 is 12.4 Å². The van der Waals surface area contributed by atoms with E-state index in [9.17, 15) is 26.3 Å². The predicted molar refractivity (Wildman–Crippen MR) is 53.6 cm³/mol. The van der Waals surface area contributed by atoms with Gasteiger partial charge in [0.1, 0.15) is 0 Å². The lowest BCUT2D eigenvalue weighted by Crippen LogP contribution is -2.62. The Hall–Kier alpha value is -0.540. The molecule has 1 N–H and O–H groups in total. The highest BCUT2D eigenvalue weighted by Gasteiger charge is 2.60. The third-order valence-electron chi connectivity index (χ3n) is 2.89. The molecule has 0 saturated heterocycles. The lowest BCUT2D eigenvalue weighted by molar-refractivity contribution is -0.344. The Kier molecular flexibility index (Phi) is 5.08. The molecule has 0 radical (unpaired) electrons. The van der Waals surface area contributed by atoms with Crippen molar-refractivity contribution >= 4 is 0 Å². The number of rotatable bonds is 5. The summed E-state index contributed by atoms with van der Waals surface area (Å²) >= 11 is 0. The van der Waals surface area contributed by atoms with Crippen LogP contribution in [0.2, 0.25) is 0 Å². The van der Waals surface area contributed by atoms with Crippen molar-refractivity contribution in [2.75, 3.05) is 13.7 Å². The van der Waals surface area contributed by atoms with Crippen LogP contribution in [-0.2, 0) is 9.47 Å². The van der Waals surface area contributed by atoms with Crippen molar-refractivity contribution in [1.29, 1.82) is 0 Å². The van der Waals surface area contributed by atoms with E-state index in [1.807, 2.05) is 0 Å². The summed E-state index contributed by atoms with van der Waals surface area (Å²) in [5, 5.41) is 2.90. The molecule has 19 heavy (non-hydrogen) atoms. The second-order valence-corrected chi connectivity index (χ2v) is 4.24. The number of ether oxygens (including phenoxy) is 2. The van der Waals surface area contributed by atoms with Gasteiger partial charge in [-0.05, 0) is 13.0 Å². The van der Waals surface area contributed by atoms with E-state index >= 15 is 0 Å². The quantitative estimate of drug-likeness (QED) is 0.789. The molecule has 1 aliphatic carbocycles. The van der Waals surface area contributed by atoms with Crippen LogP contribution in [0.3, 0.4) is 0 Å². The van der Waals surface area contributed by atoms with Gasteiger partial charge in [-0.15, -0.1) is 0 Å². The van der Waals surface area contributed by atoms with Crippen molar-refractivity contribution in [3.05, 3.63) is 0 Å². The molecule has 0 aromatic heterocycles. The molecule has 0 aliphatic heterocycles. The molecule has 3 nitrogen and oxygen atoms in total. The normalized spacial score (nSPS) is 28.6.